The van der Waals surface area contributed by atoms with E-state index in [2.05, 4.69) is 41.4 Å². The van der Waals surface area contributed by atoms with Crippen LogP contribution in [0.4, 0.5) is 5.00 Å². The fraction of sp³-hybridized carbons (Fsp3) is 0.308. The molecular formula is C26H29ClN2O3S2. The Balaban J connectivity index is 0.00000324. The maximum atomic E-state index is 13.0. The molecule has 0 fully saturated rings. The van der Waals surface area contributed by atoms with E-state index in [4.69, 9.17) is 4.74 Å². The molecule has 180 valence electrons. The van der Waals surface area contributed by atoms with E-state index in [1.165, 1.54) is 16.9 Å². The van der Waals surface area contributed by atoms with Gasteiger partial charge in [0.2, 0.25) is 0 Å². The summed E-state index contributed by atoms with van der Waals surface area (Å²) in [6.07, 6.45) is 0.756. The Morgan fingerprint density at radius 1 is 1.09 bits per heavy atom. The number of benzene rings is 2. The second kappa shape index (κ2) is 12.4. The number of nitrogens with zero attached hydrogens (tertiary/aromatic N) is 1. The monoisotopic (exact) mass is 516 g/mol. The minimum atomic E-state index is -0.364. The zero-order chi connectivity index (χ0) is 23.2. The van der Waals surface area contributed by atoms with Crippen LogP contribution in [-0.2, 0) is 24.2 Å². The molecule has 5 nitrogen and oxygen atoms in total. The lowest BCUT2D eigenvalue weighted by Gasteiger charge is -2.27. The molecule has 0 radical (unpaired) electrons. The molecule has 0 saturated heterocycles. The summed E-state index contributed by atoms with van der Waals surface area (Å²) in [5, 5.41) is 3.57. The van der Waals surface area contributed by atoms with E-state index in [0.717, 1.165) is 47.1 Å². The van der Waals surface area contributed by atoms with Crippen molar-refractivity contribution in [1.82, 2.24) is 4.90 Å². The minimum absolute atomic E-state index is 0. The topological polar surface area (TPSA) is 58.6 Å². The van der Waals surface area contributed by atoms with Crippen LogP contribution in [0.5, 0.6) is 0 Å². The van der Waals surface area contributed by atoms with Gasteiger partial charge in [0, 0.05) is 35.0 Å². The number of thiophene rings is 1. The predicted octanol–water partition coefficient (Wildman–Crippen LogP) is 6.27. The molecular weight excluding hydrogens is 488 g/mol. The molecule has 2 heterocycles. The largest absolute Gasteiger partial charge is 0.462 e. The van der Waals surface area contributed by atoms with Crippen molar-refractivity contribution in [1.29, 1.82) is 0 Å². The highest BCUT2D eigenvalue weighted by atomic mass is 35.5. The Hall–Kier alpha value is -2.32. The quantitative estimate of drug-likeness (QED) is 0.282. The SMILES string of the molecule is CCOC(=O)c1c(NC(=O)c2ccc(SCC)cc2)sc2c1CCN(Cc1ccccc1)C2.Cl. The molecule has 2 aromatic carbocycles. The third kappa shape index (κ3) is 6.21. The molecule has 3 aromatic rings. The van der Waals surface area contributed by atoms with Crippen LogP contribution in [0.2, 0.25) is 0 Å². The van der Waals surface area contributed by atoms with Gasteiger partial charge in [0.25, 0.3) is 5.91 Å². The van der Waals surface area contributed by atoms with Gasteiger partial charge in [0.1, 0.15) is 5.00 Å². The Morgan fingerprint density at radius 2 is 1.82 bits per heavy atom. The zero-order valence-corrected chi connectivity index (χ0v) is 21.8. The first kappa shape index (κ1) is 26.3. The number of carbonyl (C=O) groups excluding carboxylic acids is 2. The number of carbonyl (C=O) groups is 2. The molecule has 4 rings (SSSR count). The van der Waals surface area contributed by atoms with Crippen LogP contribution in [0.15, 0.2) is 59.5 Å². The van der Waals surface area contributed by atoms with Crippen LogP contribution in [0.1, 0.15) is 50.6 Å². The highest BCUT2D eigenvalue weighted by Gasteiger charge is 2.29. The highest BCUT2D eigenvalue weighted by Crippen LogP contribution is 2.38. The number of halogens is 1. The maximum absolute atomic E-state index is 13.0. The van der Waals surface area contributed by atoms with Crippen molar-refractivity contribution < 1.29 is 14.3 Å². The number of esters is 1. The van der Waals surface area contributed by atoms with Gasteiger partial charge in [-0.3, -0.25) is 9.69 Å². The molecule has 1 N–H and O–H groups in total. The van der Waals surface area contributed by atoms with Gasteiger partial charge in [-0.15, -0.1) is 35.5 Å². The fourth-order valence-electron chi connectivity index (χ4n) is 3.98. The second-order valence-corrected chi connectivity index (χ2v) is 10.2. The average molecular weight is 517 g/mol. The lowest BCUT2D eigenvalue weighted by atomic mass is 10.0. The Labute approximate surface area is 215 Å². The Kier molecular flexibility index (Phi) is 9.59. The highest BCUT2D eigenvalue weighted by molar-refractivity contribution is 7.99. The van der Waals surface area contributed by atoms with E-state index >= 15 is 0 Å². The van der Waals surface area contributed by atoms with Crippen molar-refractivity contribution in [3.05, 3.63) is 81.7 Å². The smallest absolute Gasteiger partial charge is 0.341 e. The lowest BCUT2D eigenvalue weighted by Crippen LogP contribution is -2.29. The van der Waals surface area contributed by atoms with Crippen LogP contribution in [-0.4, -0.2) is 35.7 Å². The van der Waals surface area contributed by atoms with Gasteiger partial charge in [-0.2, -0.15) is 0 Å². The molecule has 1 aromatic heterocycles. The summed E-state index contributed by atoms with van der Waals surface area (Å²) < 4.78 is 5.35. The maximum Gasteiger partial charge on any atom is 0.341 e. The standard InChI is InChI=1S/C26H28N2O3S2.ClH/c1-3-31-26(30)23-21-14-15-28(16-18-8-6-5-7-9-18)17-22(21)33-25(23)27-24(29)19-10-12-20(13-11-19)32-4-2;/h5-13H,3-4,14-17H2,1-2H3,(H,27,29);1H. The third-order valence-electron chi connectivity index (χ3n) is 5.52. The van der Waals surface area contributed by atoms with E-state index in [-0.39, 0.29) is 24.3 Å². The van der Waals surface area contributed by atoms with Crippen molar-refractivity contribution in [2.75, 3.05) is 24.2 Å². The van der Waals surface area contributed by atoms with Crippen molar-refractivity contribution in [3.8, 4) is 0 Å². The average Bonchev–Trinajstić information content (AvgIpc) is 3.17. The number of hydrogen-bond acceptors (Lipinski definition) is 6. The van der Waals surface area contributed by atoms with Crippen molar-refractivity contribution in [2.45, 2.75) is 38.3 Å². The molecule has 1 aliphatic rings. The van der Waals surface area contributed by atoms with Crippen LogP contribution in [0.3, 0.4) is 0 Å². The number of fused-ring (bicyclic) bond motifs is 1. The van der Waals surface area contributed by atoms with Gasteiger partial charge in [0.05, 0.1) is 12.2 Å². The van der Waals surface area contributed by atoms with E-state index in [1.807, 2.05) is 30.3 Å². The first-order chi connectivity index (χ1) is 16.1. The molecule has 8 heteroatoms. The summed E-state index contributed by atoms with van der Waals surface area (Å²) in [4.78, 5) is 30.4. The third-order valence-corrected chi connectivity index (χ3v) is 7.55. The summed E-state index contributed by atoms with van der Waals surface area (Å²) in [6.45, 7) is 6.66. The molecule has 0 saturated carbocycles. The first-order valence-corrected chi connectivity index (χ1v) is 13.0. The van der Waals surface area contributed by atoms with Gasteiger partial charge in [-0.25, -0.2) is 4.79 Å². The number of ether oxygens (including phenoxy) is 1. The molecule has 0 unspecified atom stereocenters. The summed E-state index contributed by atoms with van der Waals surface area (Å²) in [5.74, 6) is 0.404. The summed E-state index contributed by atoms with van der Waals surface area (Å²) >= 11 is 3.22. The number of rotatable bonds is 8. The Morgan fingerprint density at radius 3 is 2.50 bits per heavy atom. The Bertz CT molecular complexity index is 1120. The van der Waals surface area contributed by atoms with E-state index in [1.54, 1.807) is 18.7 Å². The van der Waals surface area contributed by atoms with Crippen LogP contribution in [0.25, 0.3) is 0 Å². The predicted molar refractivity (Wildman–Crippen MR) is 143 cm³/mol. The van der Waals surface area contributed by atoms with Gasteiger partial charge in [-0.1, -0.05) is 37.3 Å². The normalized spacial score (nSPS) is 13.0. The number of anilines is 1. The van der Waals surface area contributed by atoms with Crippen LogP contribution in [0, 0.1) is 0 Å². The van der Waals surface area contributed by atoms with Crippen LogP contribution < -0.4 is 5.32 Å². The molecule has 1 aliphatic heterocycles. The molecule has 0 spiro atoms. The summed E-state index contributed by atoms with van der Waals surface area (Å²) in [7, 11) is 0. The fourth-order valence-corrected chi connectivity index (χ4v) is 5.92. The van der Waals surface area contributed by atoms with Crippen molar-refractivity contribution in [2.24, 2.45) is 0 Å². The van der Waals surface area contributed by atoms with Crippen molar-refractivity contribution >= 4 is 52.4 Å². The van der Waals surface area contributed by atoms with Gasteiger partial charge < -0.3 is 10.1 Å². The number of nitrogens with one attached hydrogen (secondary N) is 1. The van der Waals surface area contributed by atoms with Gasteiger partial charge >= 0.3 is 5.97 Å². The van der Waals surface area contributed by atoms with Gasteiger partial charge in [0.15, 0.2) is 0 Å². The molecule has 0 aliphatic carbocycles. The number of hydrogen-bond donors (Lipinski definition) is 1. The van der Waals surface area contributed by atoms with E-state index in [9.17, 15) is 9.59 Å². The zero-order valence-electron chi connectivity index (χ0n) is 19.3. The molecule has 0 bridgehead atoms. The number of thioether (sulfide) groups is 1. The number of amides is 1. The van der Waals surface area contributed by atoms with Gasteiger partial charge in [-0.05, 0) is 54.5 Å². The van der Waals surface area contributed by atoms with E-state index < -0.39 is 0 Å². The van der Waals surface area contributed by atoms with Crippen LogP contribution >= 0.6 is 35.5 Å². The first-order valence-electron chi connectivity index (χ1n) is 11.2. The molecule has 1 amide bonds. The molecule has 34 heavy (non-hydrogen) atoms. The lowest BCUT2D eigenvalue weighted by molar-refractivity contribution is 0.0526. The molecule has 0 atom stereocenters. The summed E-state index contributed by atoms with van der Waals surface area (Å²) in [5.41, 5.74) is 3.36. The van der Waals surface area contributed by atoms with E-state index in [0.29, 0.717) is 22.7 Å². The van der Waals surface area contributed by atoms with Crippen molar-refractivity contribution in [3.63, 3.8) is 0 Å². The minimum Gasteiger partial charge on any atom is -0.462 e. The summed E-state index contributed by atoms with van der Waals surface area (Å²) in [6, 6.07) is 17.9. The second-order valence-electron chi connectivity index (χ2n) is 7.79.